The Labute approximate surface area is 121 Å². The summed E-state index contributed by atoms with van der Waals surface area (Å²) in [6.45, 7) is 0.933. The predicted octanol–water partition coefficient (Wildman–Crippen LogP) is 2.42. The maximum atomic E-state index is 6.16. The van der Waals surface area contributed by atoms with E-state index in [9.17, 15) is 0 Å². The van der Waals surface area contributed by atoms with Gasteiger partial charge in [-0.2, -0.15) is 0 Å². The molecule has 5 nitrogen and oxygen atoms in total. The standard InChI is InChI=1S/C12H14Cl2N4O/c1-15-5-8-3-9(13)4-11(14)12(8)19-7-10-6-18(2)17-16-10/h3-4,6,15H,5,7H2,1-2H3. The number of nitrogens with one attached hydrogen (secondary N) is 1. The second-order valence-corrected chi connectivity index (χ2v) is 4.92. The van der Waals surface area contributed by atoms with Crippen molar-refractivity contribution in [2.24, 2.45) is 7.05 Å². The van der Waals surface area contributed by atoms with E-state index in [0.29, 0.717) is 28.9 Å². The fraction of sp³-hybridized carbons (Fsp3) is 0.333. The van der Waals surface area contributed by atoms with Crippen LogP contribution in [0.4, 0.5) is 0 Å². The van der Waals surface area contributed by atoms with Gasteiger partial charge in [0.2, 0.25) is 0 Å². The van der Waals surface area contributed by atoms with Gasteiger partial charge in [0.25, 0.3) is 0 Å². The number of benzene rings is 1. The van der Waals surface area contributed by atoms with Crippen LogP contribution in [-0.2, 0) is 20.2 Å². The SMILES string of the molecule is CNCc1cc(Cl)cc(Cl)c1OCc1cn(C)nn1. The molecule has 102 valence electrons. The molecule has 0 unspecified atom stereocenters. The second-order valence-electron chi connectivity index (χ2n) is 4.08. The lowest BCUT2D eigenvalue weighted by atomic mass is 10.2. The summed E-state index contributed by atoms with van der Waals surface area (Å²) in [5, 5.41) is 11.9. The molecule has 0 aliphatic rings. The minimum atomic E-state index is 0.311. The van der Waals surface area contributed by atoms with Gasteiger partial charge in [0.1, 0.15) is 18.1 Å². The molecule has 1 N–H and O–H groups in total. The van der Waals surface area contributed by atoms with E-state index >= 15 is 0 Å². The Balaban J connectivity index is 2.18. The van der Waals surface area contributed by atoms with Gasteiger partial charge >= 0.3 is 0 Å². The molecule has 0 bridgehead atoms. The molecule has 19 heavy (non-hydrogen) atoms. The molecule has 0 radical (unpaired) electrons. The Morgan fingerprint density at radius 3 is 2.79 bits per heavy atom. The highest BCUT2D eigenvalue weighted by atomic mass is 35.5. The van der Waals surface area contributed by atoms with Gasteiger partial charge in [-0.05, 0) is 19.2 Å². The molecule has 0 amide bonds. The van der Waals surface area contributed by atoms with Crippen LogP contribution in [0.15, 0.2) is 18.3 Å². The van der Waals surface area contributed by atoms with Crippen LogP contribution in [0.1, 0.15) is 11.3 Å². The fourth-order valence-electron chi connectivity index (χ4n) is 1.70. The van der Waals surface area contributed by atoms with E-state index in [1.54, 1.807) is 24.0 Å². The van der Waals surface area contributed by atoms with Crippen LogP contribution in [0, 0.1) is 0 Å². The lowest BCUT2D eigenvalue weighted by Gasteiger charge is -2.12. The topological polar surface area (TPSA) is 52.0 Å². The summed E-state index contributed by atoms with van der Waals surface area (Å²) in [6, 6.07) is 3.49. The first kappa shape index (κ1) is 14.1. The lowest BCUT2D eigenvalue weighted by Crippen LogP contribution is -2.08. The van der Waals surface area contributed by atoms with E-state index < -0.39 is 0 Å². The quantitative estimate of drug-likeness (QED) is 0.921. The maximum Gasteiger partial charge on any atom is 0.143 e. The van der Waals surface area contributed by atoms with Gasteiger partial charge in [0, 0.05) is 24.2 Å². The van der Waals surface area contributed by atoms with Gasteiger partial charge in [0.15, 0.2) is 0 Å². The van der Waals surface area contributed by atoms with Crippen LogP contribution < -0.4 is 10.1 Å². The van der Waals surface area contributed by atoms with Crippen molar-refractivity contribution in [2.45, 2.75) is 13.2 Å². The third-order valence-corrected chi connectivity index (χ3v) is 2.97. The monoisotopic (exact) mass is 300 g/mol. The number of hydrogen-bond acceptors (Lipinski definition) is 4. The van der Waals surface area contributed by atoms with Crippen molar-refractivity contribution in [1.82, 2.24) is 20.3 Å². The summed E-state index contributed by atoms with van der Waals surface area (Å²) in [4.78, 5) is 0. The van der Waals surface area contributed by atoms with Crippen LogP contribution in [0.2, 0.25) is 10.0 Å². The summed E-state index contributed by atoms with van der Waals surface area (Å²) < 4.78 is 7.35. The minimum Gasteiger partial charge on any atom is -0.485 e. The summed E-state index contributed by atoms with van der Waals surface area (Å²) in [5.74, 6) is 0.617. The number of rotatable bonds is 5. The van der Waals surface area contributed by atoms with Gasteiger partial charge in [0.05, 0.1) is 11.2 Å². The van der Waals surface area contributed by atoms with E-state index in [1.807, 2.05) is 13.1 Å². The van der Waals surface area contributed by atoms with Gasteiger partial charge in [-0.25, -0.2) is 0 Å². The Morgan fingerprint density at radius 1 is 1.37 bits per heavy atom. The van der Waals surface area contributed by atoms with Crippen molar-refractivity contribution in [1.29, 1.82) is 0 Å². The largest absolute Gasteiger partial charge is 0.485 e. The van der Waals surface area contributed by atoms with Crippen molar-refractivity contribution in [3.05, 3.63) is 39.6 Å². The van der Waals surface area contributed by atoms with Crippen molar-refractivity contribution >= 4 is 23.2 Å². The molecule has 0 fully saturated rings. The molecule has 0 spiro atoms. The molecule has 1 aromatic heterocycles. The molecular weight excluding hydrogens is 287 g/mol. The Hall–Kier alpha value is -1.30. The fourth-order valence-corrected chi connectivity index (χ4v) is 2.29. The molecule has 0 aliphatic heterocycles. The Morgan fingerprint density at radius 2 is 2.16 bits per heavy atom. The highest BCUT2D eigenvalue weighted by Crippen LogP contribution is 2.32. The first-order chi connectivity index (χ1) is 9.10. The first-order valence-electron chi connectivity index (χ1n) is 5.70. The van der Waals surface area contributed by atoms with Crippen LogP contribution in [0.25, 0.3) is 0 Å². The molecule has 2 rings (SSSR count). The molecule has 1 heterocycles. The summed E-state index contributed by atoms with van der Waals surface area (Å²) >= 11 is 12.1. The van der Waals surface area contributed by atoms with E-state index in [0.717, 1.165) is 11.3 Å². The number of aryl methyl sites for hydroxylation is 1. The van der Waals surface area contributed by atoms with Gasteiger partial charge in [-0.15, -0.1) is 5.10 Å². The molecular formula is C12H14Cl2N4O. The zero-order valence-corrected chi connectivity index (χ0v) is 12.2. The maximum absolute atomic E-state index is 6.16. The molecule has 0 saturated heterocycles. The molecule has 0 aliphatic carbocycles. The van der Waals surface area contributed by atoms with Crippen LogP contribution in [-0.4, -0.2) is 22.0 Å². The van der Waals surface area contributed by atoms with Crippen LogP contribution in [0.5, 0.6) is 5.75 Å². The summed E-state index contributed by atoms with van der Waals surface area (Å²) in [7, 11) is 3.65. The number of halogens is 2. The van der Waals surface area contributed by atoms with Gasteiger partial charge in [-0.3, -0.25) is 4.68 Å². The number of nitrogens with zero attached hydrogens (tertiary/aromatic N) is 3. The smallest absolute Gasteiger partial charge is 0.143 e. The Kier molecular flexibility index (Phi) is 4.63. The number of aromatic nitrogens is 3. The average molecular weight is 301 g/mol. The molecule has 2 aromatic rings. The van der Waals surface area contributed by atoms with Gasteiger partial charge < -0.3 is 10.1 Å². The molecule has 1 aromatic carbocycles. The summed E-state index contributed by atoms with van der Waals surface area (Å²) in [6.07, 6.45) is 1.79. The molecule has 0 saturated carbocycles. The number of hydrogen-bond donors (Lipinski definition) is 1. The van der Waals surface area contributed by atoms with Gasteiger partial charge in [-0.1, -0.05) is 28.4 Å². The summed E-state index contributed by atoms with van der Waals surface area (Å²) in [5.41, 5.74) is 1.65. The van der Waals surface area contributed by atoms with Crippen LogP contribution >= 0.6 is 23.2 Å². The number of ether oxygens (including phenoxy) is 1. The minimum absolute atomic E-state index is 0.311. The lowest BCUT2D eigenvalue weighted by molar-refractivity contribution is 0.297. The van der Waals surface area contributed by atoms with Crippen molar-refractivity contribution in [3.8, 4) is 5.75 Å². The highest BCUT2D eigenvalue weighted by molar-refractivity contribution is 6.35. The van der Waals surface area contributed by atoms with Crippen LogP contribution in [0.3, 0.4) is 0 Å². The van der Waals surface area contributed by atoms with Crippen molar-refractivity contribution < 1.29 is 4.74 Å². The third kappa shape index (κ3) is 3.59. The molecule has 7 heteroatoms. The predicted molar refractivity (Wildman–Crippen MR) is 74.6 cm³/mol. The van der Waals surface area contributed by atoms with E-state index in [2.05, 4.69) is 15.6 Å². The average Bonchev–Trinajstić information content (AvgIpc) is 2.74. The second kappa shape index (κ2) is 6.23. The van der Waals surface area contributed by atoms with E-state index in [-0.39, 0.29) is 0 Å². The first-order valence-corrected chi connectivity index (χ1v) is 6.46. The van der Waals surface area contributed by atoms with Crippen molar-refractivity contribution in [2.75, 3.05) is 7.05 Å². The van der Waals surface area contributed by atoms with Crippen molar-refractivity contribution in [3.63, 3.8) is 0 Å². The highest BCUT2D eigenvalue weighted by Gasteiger charge is 2.11. The van der Waals surface area contributed by atoms with E-state index in [4.69, 9.17) is 27.9 Å². The Bertz CT molecular complexity index is 571. The zero-order chi connectivity index (χ0) is 13.8. The third-order valence-electron chi connectivity index (χ3n) is 2.47. The molecule has 0 atom stereocenters. The van der Waals surface area contributed by atoms with E-state index in [1.165, 1.54) is 0 Å². The zero-order valence-electron chi connectivity index (χ0n) is 10.7. The normalized spacial score (nSPS) is 10.7.